The Labute approximate surface area is 131 Å². The van der Waals surface area contributed by atoms with Gasteiger partial charge in [-0.15, -0.1) is 22.9 Å². The van der Waals surface area contributed by atoms with Crippen molar-refractivity contribution in [3.63, 3.8) is 0 Å². The largest absolute Gasteiger partial charge is 0.371 e. The first-order valence-corrected chi connectivity index (χ1v) is 9.05. The van der Waals surface area contributed by atoms with Gasteiger partial charge < -0.3 is 4.74 Å². The van der Waals surface area contributed by atoms with E-state index in [0.717, 1.165) is 11.3 Å². The number of morpholine rings is 1. The zero-order chi connectivity index (χ0) is 14.2. The molecule has 0 spiro atoms. The molecule has 0 saturated carbocycles. The van der Waals surface area contributed by atoms with Gasteiger partial charge >= 0.3 is 0 Å². The number of alkyl halides is 1. The van der Waals surface area contributed by atoms with Crippen LogP contribution in [0.2, 0.25) is 8.67 Å². The van der Waals surface area contributed by atoms with Gasteiger partial charge in [0.15, 0.2) is 0 Å². The molecule has 2 rings (SSSR count). The second-order valence-corrected chi connectivity index (χ2v) is 8.73. The maximum atomic E-state index is 12.5. The van der Waals surface area contributed by atoms with Crippen LogP contribution in [0.3, 0.4) is 0 Å². The summed E-state index contributed by atoms with van der Waals surface area (Å²) >= 11 is 18.5. The number of nitrogens with zero attached hydrogens (tertiary/aromatic N) is 1. The van der Waals surface area contributed by atoms with Gasteiger partial charge in [-0.3, -0.25) is 0 Å². The smallest absolute Gasteiger partial charge is 0.245 e. The SMILES string of the molecule is CC1CN(S(=O)(=O)c2cc(Cl)sc2Cl)CC(CCl)O1. The van der Waals surface area contributed by atoms with E-state index < -0.39 is 10.0 Å². The Morgan fingerprint density at radius 1 is 1.47 bits per heavy atom. The number of thiophene rings is 1. The monoisotopic (exact) mass is 363 g/mol. The molecule has 9 heteroatoms. The van der Waals surface area contributed by atoms with Gasteiger partial charge in [-0.1, -0.05) is 23.2 Å². The molecule has 1 saturated heterocycles. The van der Waals surface area contributed by atoms with Crippen LogP contribution in [0.15, 0.2) is 11.0 Å². The van der Waals surface area contributed by atoms with E-state index >= 15 is 0 Å². The first-order chi connectivity index (χ1) is 8.84. The van der Waals surface area contributed by atoms with Crippen LogP contribution in [-0.4, -0.2) is 43.9 Å². The standard InChI is InChI=1S/C10H12Cl3NO3S2/c1-6-4-14(5-7(3-11)17-6)19(15,16)8-2-9(12)18-10(8)13/h2,6-7H,3-5H2,1H3. The zero-order valence-electron chi connectivity index (χ0n) is 9.98. The average molecular weight is 365 g/mol. The van der Waals surface area contributed by atoms with E-state index in [1.54, 1.807) is 0 Å². The second kappa shape index (κ2) is 6.05. The van der Waals surface area contributed by atoms with Crippen molar-refractivity contribution in [3.05, 3.63) is 14.7 Å². The summed E-state index contributed by atoms with van der Waals surface area (Å²) in [5.41, 5.74) is 0. The summed E-state index contributed by atoms with van der Waals surface area (Å²) in [6.45, 7) is 2.31. The number of sulfonamides is 1. The molecule has 2 unspecified atom stereocenters. The van der Waals surface area contributed by atoms with E-state index in [0.29, 0.717) is 4.34 Å². The highest BCUT2D eigenvalue weighted by molar-refractivity contribution is 7.89. The molecule has 0 amide bonds. The van der Waals surface area contributed by atoms with E-state index in [1.165, 1.54) is 10.4 Å². The molecule has 1 aromatic heterocycles. The Kier molecular flexibility index (Phi) is 5.04. The molecule has 1 aliphatic rings. The fourth-order valence-electron chi connectivity index (χ4n) is 1.92. The van der Waals surface area contributed by atoms with Crippen molar-refractivity contribution in [2.24, 2.45) is 0 Å². The summed E-state index contributed by atoms with van der Waals surface area (Å²) in [6.07, 6.45) is -0.520. The number of hydrogen-bond acceptors (Lipinski definition) is 4. The van der Waals surface area contributed by atoms with Crippen molar-refractivity contribution in [1.82, 2.24) is 4.31 Å². The molecule has 0 N–H and O–H groups in total. The third kappa shape index (κ3) is 3.37. The molecular formula is C10H12Cl3NO3S2. The third-order valence-electron chi connectivity index (χ3n) is 2.71. The van der Waals surface area contributed by atoms with Crippen molar-refractivity contribution < 1.29 is 13.2 Å². The Balaban J connectivity index is 2.31. The van der Waals surface area contributed by atoms with Crippen molar-refractivity contribution >= 4 is 56.2 Å². The van der Waals surface area contributed by atoms with Crippen molar-refractivity contribution in [2.45, 2.75) is 24.0 Å². The molecule has 1 aliphatic heterocycles. The van der Waals surface area contributed by atoms with Gasteiger partial charge in [0.05, 0.1) is 16.5 Å². The number of halogens is 3. The normalized spacial score (nSPS) is 25.7. The van der Waals surface area contributed by atoms with Crippen molar-refractivity contribution in [2.75, 3.05) is 19.0 Å². The van der Waals surface area contributed by atoms with Crippen LogP contribution >= 0.6 is 46.1 Å². The zero-order valence-corrected chi connectivity index (χ0v) is 13.9. The van der Waals surface area contributed by atoms with E-state index in [9.17, 15) is 8.42 Å². The molecule has 108 valence electrons. The molecule has 1 aromatic rings. The van der Waals surface area contributed by atoms with E-state index in [2.05, 4.69) is 0 Å². The minimum absolute atomic E-state index is 0.0478. The van der Waals surface area contributed by atoms with Gasteiger partial charge in [-0.25, -0.2) is 8.42 Å². The topological polar surface area (TPSA) is 46.6 Å². The Morgan fingerprint density at radius 2 is 2.16 bits per heavy atom. The van der Waals surface area contributed by atoms with E-state index in [4.69, 9.17) is 39.5 Å². The van der Waals surface area contributed by atoms with Crippen LogP contribution in [-0.2, 0) is 14.8 Å². The Hall–Kier alpha value is 0.440. The van der Waals surface area contributed by atoms with Crippen LogP contribution in [0.5, 0.6) is 0 Å². The van der Waals surface area contributed by atoms with E-state index in [1.807, 2.05) is 6.92 Å². The molecule has 0 radical (unpaired) electrons. The lowest BCUT2D eigenvalue weighted by Gasteiger charge is -2.35. The lowest BCUT2D eigenvalue weighted by Crippen LogP contribution is -2.49. The summed E-state index contributed by atoms with van der Waals surface area (Å²) in [7, 11) is -3.66. The predicted octanol–water partition coefficient (Wildman–Crippen LogP) is 3.07. The fourth-order valence-corrected chi connectivity index (χ4v) is 5.75. The average Bonchev–Trinajstić information content (AvgIpc) is 2.68. The molecule has 2 heterocycles. The van der Waals surface area contributed by atoms with Crippen molar-refractivity contribution in [1.29, 1.82) is 0 Å². The first kappa shape index (κ1) is 15.8. The molecule has 2 atom stereocenters. The number of ether oxygens (including phenoxy) is 1. The van der Waals surface area contributed by atoms with E-state index in [-0.39, 0.29) is 40.4 Å². The maximum absolute atomic E-state index is 12.5. The van der Waals surface area contributed by atoms with Gasteiger partial charge in [0.25, 0.3) is 0 Å². The lowest BCUT2D eigenvalue weighted by molar-refractivity contribution is -0.0423. The minimum atomic E-state index is -3.66. The van der Waals surface area contributed by atoms with Crippen LogP contribution in [0.1, 0.15) is 6.92 Å². The summed E-state index contributed by atoms with van der Waals surface area (Å²) < 4.78 is 32.4. The molecule has 0 aromatic carbocycles. The summed E-state index contributed by atoms with van der Waals surface area (Å²) in [6, 6.07) is 1.37. The molecular weight excluding hydrogens is 353 g/mol. The summed E-state index contributed by atoms with van der Waals surface area (Å²) in [5, 5.41) is 0. The van der Waals surface area contributed by atoms with Crippen LogP contribution in [0.4, 0.5) is 0 Å². The van der Waals surface area contributed by atoms with Crippen molar-refractivity contribution in [3.8, 4) is 0 Å². The van der Waals surface area contributed by atoms with Gasteiger partial charge in [-0.2, -0.15) is 4.31 Å². The lowest BCUT2D eigenvalue weighted by atomic mass is 10.3. The predicted molar refractivity (Wildman–Crippen MR) is 78.2 cm³/mol. The molecule has 0 aliphatic carbocycles. The van der Waals surface area contributed by atoms with Gasteiger partial charge in [0.2, 0.25) is 10.0 Å². The van der Waals surface area contributed by atoms with Crippen LogP contribution < -0.4 is 0 Å². The molecule has 19 heavy (non-hydrogen) atoms. The minimum Gasteiger partial charge on any atom is -0.371 e. The first-order valence-electron chi connectivity index (χ1n) is 5.51. The number of rotatable bonds is 3. The van der Waals surface area contributed by atoms with Gasteiger partial charge in [-0.05, 0) is 13.0 Å². The molecule has 1 fully saturated rings. The highest BCUT2D eigenvalue weighted by atomic mass is 35.5. The maximum Gasteiger partial charge on any atom is 0.245 e. The Morgan fingerprint density at radius 3 is 2.68 bits per heavy atom. The third-order valence-corrected chi connectivity index (χ3v) is 6.64. The van der Waals surface area contributed by atoms with Crippen LogP contribution in [0.25, 0.3) is 0 Å². The molecule has 4 nitrogen and oxygen atoms in total. The second-order valence-electron chi connectivity index (χ2n) is 4.23. The number of hydrogen-bond donors (Lipinski definition) is 0. The summed E-state index contributed by atoms with van der Waals surface area (Å²) in [5.74, 6) is 0.245. The highest BCUT2D eigenvalue weighted by Crippen LogP contribution is 2.36. The summed E-state index contributed by atoms with van der Waals surface area (Å²) in [4.78, 5) is 0.0478. The highest BCUT2D eigenvalue weighted by Gasteiger charge is 2.35. The fraction of sp³-hybridized carbons (Fsp3) is 0.600. The van der Waals surface area contributed by atoms with Crippen LogP contribution in [0, 0.1) is 0 Å². The van der Waals surface area contributed by atoms with Gasteiger partial charge in [0.1, 0.15) is 9.23 Å². The van der Waals surface area contributed by atoms with Gasteiger partial charge in [0, 0.05) is 19.0 Å². The molecule has 0 bridgehead atoms. The Bertz CT molecular complexity index is 560. The quantitative estimate of drug-likeness (QED) is 0.774.